The van der Waals surface area contributed by atoms with E-state index in [1.165, 1.54) is 29.0 Å². The molecule has 0 unspecified atom stereocenters. The maximum atomic E-state index is 13.1. The smallest absolute Gasteiger partial charge is 0.245 e. The van der Waals surface area contributed by atoms with Crippen LogP contribution in [0, 0.1) is 0 Å². The molecule has 0 saturated carbocycles. The third-order valence-corrected chi connectivity index (χ3v) is 11.7. The number of phenols is 3. The first-order valence-electron chi connectivity index (χ1n) is 18.6. The van der Waals surface area contributed by atoms with Crippen molar-refractivity contribution >= 4 is 45.4 Å². The first-order valence-corrected chi connectivity index (χ1v) is 18.6. The summed E-state index contributed by atoms with van der Waals surface area (Å²) in [6.07, 6.45) is 0.912. The SMILES string of the molecule is CN1CC(=O)N2[C@H](c3ccc(O)c(O)c3)c3[nH]c4ccccc4c3C[C@@H]2C1=O.COc1cc([C@@H]2c3[nH]c4ccccc4c3C[C@@H]3C(=O)N(C)CC(=O)N23)ccc1O. The van der Waals surface area contributed by atoms with Gasteiger partial charge in [0.2, 0.25) is 23.6 Å². The highest BCUT2D eigenvalue weighted by Gasteiger charge is 2.49. The second-order valence-electron chi connectivity index (χ2n) is 15.0. The van der Waals surface area contributed by atoms with Crippen LogP contribution < -0.4 is 4.74 Å². The number of hydrogen-bond acceptors (Lipinski definition) is 8. The molecule has 2 aromatic heterocycles. The highest BCUT2D eigenvalue weighted by atomic mass is 16.5. The predicted octanol–water partition coefficient (Wildman–Crippen LogP) is 4.09. The molecule has 10 rings (SSSR count). The van der Waals surface area contributed by atoms with Gasteiger partial charge in [-0.25, -0.2) is 0 Å². The number of ether oxygens (including phenoxy) is 1. The number of aromatic amines is 2. The molecule has 4 aromatic carbocycles. The number of para-hydroxylation sites is 2. The molecule has 4 aliphatic heterocycles. The van der Waals surface area contributed by atoms with Gasteiger partial charge in [0.25, 0.3) is 0 Å². The van der Waals surface area contributed by atoms with E-state index < -0.39 is 24.2 Å². The minimum absolute atomic E-state index is 0.0193. The van der Waals surface area contributed by atoms with Crippen molar-refractivity contribution in [3.63, 3.8) is 0 Å². The molecular formula is C43H40N6O8. The highest BCUT2D eigenvalue weighted by Crippen LogP contribution is 2.45. The number of fused-ring (bicyclic) bond motifs is 8. The number of H-pyrrole nitrogens is 2. The van der Waals surface area contributed by atoms with E-state index in [-0.39, 0.29) is 54.0 Å². The Bertz CT molecular complexity index is 2650. The Morgan fingerprint density at radius 1 is 0.596 bits per heavy atom. The highest BCUT2D eigenvalue weighted by molar-refractivity contribution is 5.98. The summed E-state index contributed by atoms with van der Waals surface area (Å²) in [5.74, 6) is -0.525. The van der Waals surface area contributed by atoms with E-state index in [2.05, 4.69) is 9.97 Å². The van der Waals surface area contributed by atoms with Crippen molar-refractivity contribution in [2.45, 2.75) is 37.0 Å². The lowest BCUT2D eigenvalue weighted by atomic mass is 9.86. The van der Waals surface area contributed by atoms with Crippen molar-refractivity contribution in [1.29, 1.82) is 0 Å². The van der Waals surface area contributed by atoms with E-state index in [1.807, 2.05) is 48.5 Å². The second kappa shape index (κ2) is 13.4. The molecule has 5 N–H and O–H groups in total. The van der Waals surface area contributed by atoms with Gasteiger partial charge in [0.15, 0.2) is 23.0 Å². The molecule has 0 radical (unpaired) electrons. The Morgan fingerprint density at radius 3 is 1.53 bits per heavy atom. The number of aromatic nitrogens is 2. The molecule has 57 heavy (non-hydrogen) atoms. The molecule has 0 bridgehead atoms. The van der Waals surface area contributed by atoms with Crippen molar-refractivity contribution in [3.05, 3.63) is 119 Å². The van der Waals surface area contributed by atoms with E-state index >= 15 is 0 Å². The van der Waals surface area contributed by atoms with Crippen LogP contribution >= 0.6 is 0 Å². The monoisotopic (exact) mass is 768 g/mol. The third-order valence-electron chi connectivity index (χ3n) is 11.7. The zero-order valence-electron chi connectivity index (χ0n) is 31.4. The summed E-state index contributed by atoms with van der Waals surface area (Å²) >= 11 is 0. The second-order valence-corrected chi connectivity index (χ2v) is 15.0. The Kier molecular flexibility index (Phi) is 8.37. The fraction of sp³-hybridized carbons (Fsp3) is 0.256. The Labute approximate surface area is 326 Å². The van der Waals surface area contributed by atoms with Crippen LogP contribution in [-0.2, 0) is 32.0 Å². The van der Waals surface area contributed by atoms with Crippen LogP contribution in [0.5, 0.6) is 23.0 Å². The van der Waals surface area contributed by atoms with Gasteiger partial charge in [0.1, 0.15) is 12.1 Å². The van der Waals surface area contributed by atoms with E-state index in [0.717, 1.165) is 49.9 Å². The Hall–Kier alpha value is -6.96. The fourth-order valence-electron chi connectivity index (χ4n) is 9.08. The van der Waals surface area contributed by atoms with Gasteiger partial charge in [-0.3, -0.25) is 19.2 Å². The average molecular weight is 769 g/mol. The van der Waals surface area contributed by atoms with Crippen LogP contribution in [0.4, 0.5) is 0 Å². The van der Waals surface area contributed by atoms with Crippen molar-refractivity contribution in [1.82, 2.24) is 29.6 Å². The quantitative estimate of drug-likeness (QED) is 0.167. The minimum atomic E-state index is -0.598. The number of benzene rings is 4. The molecule has 2 saturated heterocycles. The maximum Gasteiger partial charge on any atom is 0.245 e. The number of piperazine rings is 2. The molecule has 14 nitrogen and oxygen atoms in total. The topological polar surface area (TPSA) is 183 Å². The molecule has 6 heterocycles. The average Bonchev–Trinajstić information content (AvgIpc) is 3.77. The first kappa shape index (κ1) is 35.7. The van der Waals surface area contributed by atoms with Gasteiger partial charge in [-0.05, 0) is 58.7 Å². The lowest BCUT2D eigenvalue weighted by molar-refractivity contribution is -0.157. The van der Waals surface area contributed by atoms with Gasteiger partial charge in [-0.2, -0.15) is 0 Å². The zero-order valence-corrected chi connectivity index (χ0v) is 31.4. The predicted molar refractivity (Wildman–Crippen MR) is 209 cm³/mol. The van der Waals surface area contributed by atoms with Gasteiger partial charge in [0, 0.05) is 60.1 Å². The van der Waals surface area contributed by atoms with E-state index in [0.29, 0.717) is 24.2 Å². The summed E-state index contributed by atoms with van der Waals surface area (Å²) in [5.41, 5.74) is 7.13. The summed E-state index contributed by atoms with van der Waals surface area (Å²) in [4.78, 5) is 65.0. The Balaban J connectivity index is 0.000000148. The van der Waals surface area contributed by atoms with Gasteiger partial charge >= 0.3 is 0 Å². The molecule has 2 fully saturated rings. The lowest BCUT2D eigenvalue weighted by Gasteiger charge is -2.46. The van der Waals surface area contributed by atoms with Crippen LogP contribution in [0.3, 0.4) is 0 Å². The number of methoxy groups -OCH3 is 1. The molecule has 6 aromatic rings. The number of carbonyl (C=O) groups excluding carboxylic acids is 4. The third kappa shape index (κ3) is 5.61. The van der Waals surface area contributed by atoms with Crippen LogP contribution in [0.2, 0.25) is 0 Å². The fourth-order valence-corrected chi connectivity index (χ4v) is 9.08. The number of likely N-dealkylation sites (N-methyl/N-ethyl adjacent to an activating group) is 2. The van der Waals surface area contributed by atoms with Crippen molar-refractivity contribution in [3.8, 4) is 23.0 Å². The summed E-state index contributed by atoms with van der Waals surface area (Å²) in [6.45, 7) is 0.0715. The van der Waals surface area contributed by atoms with Crippen LogP contribution in [0.15, 0.2) is 84.9 Å². The number of nitrogens with one attached hydrogen (secondary N) is 2. The van der Waals surface area contributed by atoms with E-state index in [4.69, 9.17) is 4.74 Å². The van der Waals surface area contributed by atoms with Crippen LogP contribution in [-0.4, -0.2) is 115 Å². The van der Waals surface area contributed by atoms with E-state index in [9.17, 15) is 34.5 Å². The summed E-state index contributed by atoms with van der Waals surface area (Å²) in [5, 5.41) is 31.9. The van der Waals surface area contributed by atoms with Gasteiger partial charge in [0.05, 0.1) is 32.3 Å². The standard InChI is InChI=1S/C22H21N3O4.C21H19N3O4/c1-24-11-19(27)25-16(22(24)28)10-14-13-5-3-4-6-15(13)23-20(14)21(25)12-7-8-17(26)18(9-12)29-2;1-23-10-18(27)24-15(21(23)28)9-13-12-4-2-3-5-14(12)22-19(13)20(24)11-6-7-16(25)17(26)8-11/h3-9,16,21,23,26H,10-11H2,1-2H3;2-8,15,20,22,25-26H,9-10H2,1H3/t16-,21-;15-,20-/m11/s1. The number of amides is 4. The number of hydrogen-bond donors (Lipinski definition) is 5. The molecule has 290 valence electrons. The zero-order chi connectivity index (χ0) is 39.9. The summed E-state index contributed by atoms with van der Waals surface area (Å²) in [7, 11) is 4.80. The van der Waals surface area contributed by atoms with Crippen LogP contribution in [0.25, 0.3) is 21.8 Å². The minimum Gasteiger partial charge on any atom is -0.504 e. The molecule has 14 heteroatoms. The Morgan fingerprint density at radius 2 is 1.05 bits per heavy atom. The normalized spacial score (nSPS) is 21.5. The van der Waals surface area contributed by atoms with Gasteiger partial charge in [-0.1, -0.05) is 48.5 Å². The molecular weight excluding hydrogens is 729 g/mol. The van der Waals surface area contributed by atoms with E-state index in [1.54, 1.807) is 48.2 Å². The summed E-state index contributed by atoms with van der Waals surface area (Å²) in [6, 6.07) is 23.2. The number of rotatable bonds is 3. The number of phenolic OH excluding ortho intramolecular Hbond substituents is 3. The lowest BCUT2D eigenvalue weighted by Crippen LogP contribution is -2.62. The van der Waals surface area contributed by atoms with Gasteiger partial charge in [-0.15, -0.1) is 0 Å². The number of carbonyl (C=O) groups is 4. The van der Waals surface area contributed by atoms with Crippen molar-refractivity contribution in [2.75, 3.05) is 34.3 Å². The molecule has 4 amide bonds. The molecule has 0 aliphatic carbocycles. The number of aromatic hydroxyl groups is 3. The first-order chi connectivity index (χ1) is 27.4. The maximum absolute atomic E-state index is 13.1. The number of nitrogens with zero attached hydrogens (tertiary/aromatic N) is 4. The largest absolute Gasteiger partial charge is 0.504 e. The van der Waals surface area contributed by atoms with Gasteiger partial charge < -0.3 is 49.6 Å². The van der Waals surface area contributed by atoms with Crippen molar-refractivity contribution < 1.29 is 39.2 Å². The summed E-state index contributed by atoms with van der Waals surface area (Å²) < 4.78 is 5.29. The van der Waals surface area contributed by atoms with Crippen molar-refractivity contribution in [2.24, 2.45) is 0 Å². The molecule has 4 atom stereocenters. The molecule has 0 spiro atoms. The molecule has 4 aliphatic rings. The van der Waals surface area contributed by atoms with Crippen LogP contribution in [0.1, 0.15) is 45.7 Å².